The maximum Gasteiger partial charge on any atom is 0.195 e. The van der Waals surface area contributed by atoms with E-state index in [0.29, 0.717) is 4.77 Å². The van der Waals surface area contributed by atoms with Crippen LogP contribution in [0.2, 0.25) is 0 Å². The average molecular weight is 303 g/mol. The summed E-state index contributed by atoms with van der Waals surface area (Å²) in [7, 11) is 0. The first-order chi connectivity index (χ1) is 9.74. The second-order valence-electron chi connectivity index (χ2n) is 4.37. The van der Waals surface area contributed by atoms with Gasteiger partial charge in [-0.05, 0) is 31.3 Å². The molecule has 3 heterocycles. The molecule has 102 valence electrons. The van der Waals surface area contributed by atoms with Crippen molar-refractivity contribution in [3.05, 3.63) is 45.4 Å². The fourth-order valence-corrected chi connectivity index (χ4v) is 2.96. The maximum absolute atomic E-state index is 5.31. The summed E-state index contributed by atoms with van der Waals surface area (Å²) in [5, 5.41) is 10.3. The molecule has 3 aromatic rings. The van der Waals surface area contributed by atoms with Gasteiger partial charge < -0.3 is 0 Å². The van der Waals surface area contributed by atoms with Gasteiger partial charge in [-0.15, -0.1) is 11.3 Å². The van der Waals surface area contributed by atoms with Gasteiger partial charge in [0.25, 0.3) is 0 Å². The van der Waals surface area contributed by atoms with Gasteiger partial charge in [0.05, 0.1) is 5.01 Å². The van der Waals surface area contributed by atoms with Crippen molar-refractivity contribution in [3.63, 3.8) is 0 Å². The molecular weight excluding hydrogens is 290 g/mol. The van der Waals surface area contributed by atoms with Crippen LogP contribution in [0.1, 0.15) is 10.7 Å². The lowest BCUT2D eigenvalue weighted by Gasteiger charge is -2.05. The van der Waals surface area contributed by atoms with Gasteiger partial charge >= 0.3 is 0 Å². The Hall–Kier alpha value is -1.86. The molecule has 0 aromatic carbocycles. The van der Waals surface area contributed by atoms with Crippen LogP contribution < -0.4 is 0 Å². The summed E-state index contributed by atoms with van der Waals surface area (Å²) in [4.78, 5) is 8.49. The van der Waals surface area contributed by atoms with Crippen LogP contribution in [0.5, 0.6) is 0 Å². The fourth-order valence-electron chi connectivity index (χ4n) is 1.97. The third-order valence-electron chi connectivity index (χ3n) is 2.91. The van der Waals surface area contributed by atoms with E-state index in [-0.39, 0.29) is 0 Å². The molecule has 7 heteroatoms. The molecule has 0 aliphatic carbocycles. The van der Waals surface area contributed by atoms with Crippen LogP contribution in [0.4, 0.5) is 0 Å². The van der Waals surface area contributed by atoms with Gasteiger partial charge in [-0.25, -0.2) is 4.98 Å². The van der Waals surface area contributed by atoms with Crippen LogP contribution >= 0.6 is 23.6 Å². The van der Waals surface area contributed by atoms with E-state index in [1.165, 1.54) is 0 Å². The monoisotopic (exact) mass is 303 g/mol. The van der Waals surface area contributed by atoms with Gasteiger partial charge in [0, 0.05) is 42.0 Å². The number of aromatic nitrogens is 5. The number of thiazole rings is 1. The molecule has 0 amide bonds. The summed E-state index contributed by atoms with van der Waals surface area (Å²) >= 11 is 6.99. The van der Waals surface area contributed by atoms with Crippen LogP contribution in [0.25, 0.3) is 11.4 Å². The second kappa shape index (κ2) is 5.64. The van der Waals surface area contributed by atoms with Crippen LogP contribution in [-0.4, -0.2) is 24.7 Å². The minimum atomic E-state index is 0.630. The Bertz CT molecular complexity index is 756. The second-order valence-corrected chi connectivity index (χ2v) is 5.70. The first-order valence-corrected chi connectivity index (χ1v) is 7.49. The topological polar surface area (TPSA) is 59.4 Å². The molecule has 0 fully saturated rings. The van der Waals surface area contributed by atoms with Gasteiger partial charge in [-0.3, -0.25) is 14.6 Å². The molecule has 0 radical (unpaired) electrons. The SMILES string of the molecule is Cc1csc(CCn2c(-c3ccncc3)n[nH]c2=S)n1. The lowest BCUT2D eigenvalue weighted by Crippen LogP contribution is -2.04. The number of pyridine rings is 1. The summed E-state index contributed by atoms with van der Waals surface area (Å²) < 4.78 is 2.63. The Morgan fingerprint density at radius 1 is 1.35 bits per heavy atom. The van der Waals surface area contributed by atoms with E-state index in [0.717, 1.165) is 35.1 Å². The average Bonchev–Trinajstić information content (AvgIpc) is 3.04. The highest BCUT2D eigenvalue weighted by Crippen LogP contribution is 2.17. The predicted octanol–water partition coefficient (Wildman–Crippen LogP) is 3.01. The summed E-state index contributed by atoms with van der Waals surface area (Å²) in [6, 6.07) is 3.85. The third-order valence-corrected chi connectivity index (χ3v) is 4.25. The molecule has 0 unspecified atom stereocenters. The Morgan fingerprint density at radius 3 is 2.85 bits per heavy atom. The molecule has 1 N–H and O–H groups in total. The van der Waals surface area contributed by atoms with Gasteiger partial charge in [-0.1, -0.05) is 0 Å². The van der Waals surface area contributed by atoms with E-state index < -0.39 is 0 Å². The van der Waals surface area contributed by atoms with Crippen molar-refractivity contribution < 1.29 is 0 Å². The molecule has 20 heavy (non-hydrogen) atoms. The zero-order chi connectivity index (χ0) is 13.9. The number of nitrogens with zero attached hydrogens (tertiary/aromatic N) is 4. The number of hydrogen-bond donors (Lipinski definition) is 1. The molecule has 0 bridgehead atoms. The van der Waals surface area contributed by atoms with Gasteiger partial charge in [0.15, 0.2) is 10.6 Å². The summed E-state index contributed by atoms with van der Waals surface area (Å²) in [6.45, 7) is 2.77. The van der Waals surface area contributed by atoms with Crippen molar-refractivity contribution in [1.82, 2.24) is 24.7 Å². The van der Waals surface area contributed by atoms with E-state index in [1.807, 2.05) is 23.6 Å². The molecular formula is C13H13N5S2. The van der Waals surface area contributed by atoms with Gasteiger partial charge in [-0.2, -0.15) is 5.10 Å². The number of H-pyrrole nitrogens is 1. The molecule has 0 saturated carbocycles. The molecule has 0 aliphatic heterocycles. The Kier molecular flexibility index (Phi) is 3.70. The highest BCUT2D eigenvalue weighted by atomic mass is 32.1. The van der Waals surface area contributed by atoms with Crippen molar-refractivity contribution in [2.24, 2.45) is 0 Å². The van der Waals surface area contributed by atoms with Crippen LogP contribution in [0.15, 0.2) is 29.9 Å². The van der Waals surface area contributed by atoms with Gasteiger partial charge in [0.1, 0.15) is 0 Å². The Labute approximate surface area is 125 Å². The highest BCUT2D eigenvalue weighted by molar-refractivity contribution is 7.71. The number of aryl methyl sites for hydroxylation is 2. The number of aromatic amines is 1. The van der Waals surface area contributed by atoms with Crippen molar-refractivity contribution in [2.45, 2.75) is 19.9 Å². The first kappa shape index (κ1) is 13.1. The molecule has 3 rings (SSSR count). The van der Waals surface area contributed by atoms with Crippen LogP contribution in [0, 0.1) is 11.7 Å². The van der Waals surface area contributed by atoms with Crippen LogP contribution in [-0.2, 0) is 13.0 Å². The van der Waals surface area contributed by atoms with Crippen molar-refractivity contribution in [2.75, 3.05) is 0 Å². The van der Waals surface area contributed by atoms with Crippen molar-refractivity contribution in [3.8, 4) is 11.4 Å². The number of hydrogen-bond acceptors (Lipinski definition) is 5. The van der Waals surface area contributed by atoms with Gasteiger partial charge in [0.2, 0.25) is 0 Å². The minimum Gasteiger partial charge on any atom is -0.300 e. The fraction of sp³-hybridized carbons (Fsp3) is 0.231. The third kappa shape index (κ3) is 2.68. The summed E-state index contributed by atoms with van der Waals surface area (Å²) in [6.07, 6.45) is 4.35. The molecule has 3 aromatic heterocycles. The molecule has 0 atom stereocenters. The van der Waals surface area contributed by atoms with E-state index in [1.54, 1.807) is 23.7 Å². The summed E-state index contributed by atoms with van der Waals surface area (Å²) in [5.41, 5.74) is 2.07. The smallest absolute Gasteiger partial charge is 0.195 e. The van der Waals surface area contributed by atoms with Crippen LogP contribution in [0.3, 0.4) is 0 Å². The van der Waals surface area contributed by atoms with E-state index in [9.17, 15) is 0 Å². The van der Waals surface area contributed by atoms with E-state index >= 15 is 0 Å². The zero-order valence-electron chi connectivity index (χ0n) is 10.9. The molecule has 0 aliphatic rings. The highest BCUT2D eigenvalue weighted by Gasteiger charge is 2.09. The molecule has 0 spiro atoms. The normalized spacial score (nSPS) is 10.8. The molecule has 5 nitrogen and oxygen atoms in total. The van der Waals surface area contributed by atoms with Crippen molar-refractivity contribution in [1.29, 1.82) is 0 Å². The van der Waals surface area contributed by atoms with E-state index in [4.69, 9.17) is 12.2 Å². The lowest BCUT2D eigenvalue weighted by molar-refractivity contribution is 0.688. The molecule has 0 saturated heterocycles. The zero-order valence-corrected chi connectivity index (χ0v) is 12.5. The Balaban J connectivity index is 1.86. The summed E-state index contributed by atoms with van der Waals surface area (Å²) in [5.74, 6) is 0.839. The number of nitrogens with one attached hydrogen (secondary N) is 1. The maximum atomic E-state index is 5.31. The van der Waals surface area contributed by atoms with E-state index in [2.05, 4.69) is 25.5 Å². The minimum absolute atomic E-state index is 0.630. The van der Waals surface area contributed by atoms with Crippen molar-refractivity contribution >= 4 is 23.6 Å². The lowest BCUT2D eigenvalue weighted by atomic mass is 10.2. The number of rotatable bonds is 4. The quantitative estimate of drug-likeness (QED) is 0.753. The largest absolute Gasteiger partial charge is 0.300 e. The Morgan fingerprint density at radius 2 is 2.15 bits per heavy atom. The predicted molar refractivity (Wildman–Crippen MR) is 81.2 cm³/mol. The standard InChI is InChI=1S/C13H13N5S2/c1-9-8-20-11(15-9)4-7-18-12(16-17-13(18)19)10-2-5-14-6-3-10/h2-3,5-6,8H,4,7H2,1H3,(H,17,19). The first-order valence-electron chi connectivity index (χ1n) is 6.20.